The van der Waals surface area contributed by atoms with Crippen molar-refractivity contribution in [3.63, 3.8) is 0 Å². The van der Waals surface area contributed by atoms with Crippen LogP contribution < -0.4 is 10.5 Å². The Morgan fingerprint density at radius 2 is 2.20 bits per heavy atom. The normalized spacial score (nSPS) is 22.6. The molecular weight excluding hydrogens is 252 g/mol. The Bertz CT molecular complexity index is 473. The summed E-state index contributed by atoms with van der Waals surface area (Å²) in [5.41, 5.74) is 7.24. The van der Waals surface area contributed by atoms with Crippen molar-refractivity contribution in [3.8, 4) is 5.75 Å². The Kier molecular flexibility index (Phi) is 4.65. The molecule has 4 nitrogen and oxygen atoms in total. The number of benzene rings is 1. The zero-order valence-electron chi connectivity index (χ0n) is 12.5. The van der Waals surface area contributed by atoms with Gasteiger partial charge in [0.1, 0.15) is 5.75 Å². The maximum absolute atomic E-state index is 12.1. The Hall–Kier alpha value is -1.55. The molecule has 110 valence electrons. The number of nitrogens with two attached hydrogens (primary N) is 1. The van der Waals surface area contributed by atoms with Gasteiger partial charge >= 0.3 is 0 Å². The number of rotatable bonds is 5. The molecule has 0 aliphatic carbocycles. The fourth-order valence-electron chi connectivity index (χ4n) is 2.81. The average Bonchev–Trinajstić information content (AvgIpc) is 2.71. The van der Waals surface area contributed by atoms with E-state index in [2.05, 4.69) is 6.92 Å². The number of carbonyl (C=O) groups excluding carboxylic acids is 1. The molecule has 1 saturated heterocycles. The highest BCUT2D eigenvalue weighted by Crippen LogP contribution is 2.35. The molecule has 0 bridgehead atoms. The van der Waals surface area contributed by atoms with E-state index in [1.54, 1.807) is 0 Å². The molecule has 1 aliphatic rings. The second-order valence-electron chi connectivity index (χ2n) is 5.63. The molecule has 2 N–H and O–H groups in total. The summed E-state index contributed by atoms with van der Waals surface area (Å²) in [5, 5.41) is 0. The van der Waals surface area contributed by atoms with E-state index in [1.807, 2.05) is 43.0 Å². The number of likely N-dealkylation sites (tertiary alicyclic amines) is 1. The standard InChI is InChI=1S/C16H24N2O2/c1-4-8-20-13-7-5-6-12(9-13)16-14(17)10-15(19)18(16)11(2)3/h5-7,9,11,14,16H,4,8,10,17H2,1-3H3. The first kappa shape index (κ1) is 14.9. The fraction of sp³-hybridized carbons (Fsp3) is 0.562. The van der Waals surface area contributed by atoms with Crippen LogP contribution in [-0.2, 0) is 4.79 Å². The summed E-state index contributed by atoms with van der Waals surface area (Å²) in [6.07, 6.45) is 1.40. The molecular formula is C16H24N2O2. The topological polar surface area (TPSA) is 55.6 Å². The zero-order valence-corrected chi connectivity index (χ0v) is 12.5. The average molecular weight is 276 g/mol. The van der Waals surface area contributed by atoms with E-state index in [0.717, 1.165) is 17.7 Å². The summed E-state index contributed by atoms with van der Waals surface area (Å²) in [6.45, 7) is 6.84. The molecule has 1 aromatic rings. The van der Waals surface area contributed by atoms with Gasteiger partial charge in [-0.1, -0.05) is 19.1 Å². The van der Waals surface area contributed by atoms with Gasteiger partial charge in [-0.3, -0.25) is 4.79 Å². The van der Waals surface area contributed by atoms with Gasteiger partial charge in [-0.15, -0.1) is 0 Å². The van der Waals surface area contributed by atoms with E-state index in [4.69, 9.17) is 10.5 Å². The van der Waals surface area contributed by atoms with Crippen molar-refractivity contribution in [2.45, 2.75) is 51.7 Å². The maximum Gasteiger partial charge on any atom is 0.225 e. The number of hydrogen-bond donors (Lipinski definition) is 1. The van der Waals surface area contributed by atoms with Crippen molar-refractivity contribution >= 4 is 5.91 Å². The summed E-state index contributed by atoms with van der Waals surface area (Å²) in [5.74, 6) is 0.983. The molecule has 1 heterocycles. The van der Waals surface area contributed by atoms with E-state index in [1.165, 1.54) is 0 Å². The first-order valence-electron chi connectivity index (χ1n) is 7.34. The molecule has 20 heavy (non-hydrogen) atoms. The predicted octanol–water partition coefficient (Wildman–Crippen LogP) is 2.48. The molecule has 1 fully saturated rings. The van der Waals surface area contributed by atoms with Gasteiger partial charge in [-0.25, -0.2) is 0 Å². The lowest BCUT2D eigenvalue weighted by molar-refractivity contribution is -0.130. The second-order valence-corrected chi connectivity index (χ2v) is 5.63. The minimum absolute atomic E-state index is 0.0484. The van der Waals surface area contributed by atoms with Crippen LogP contribution in [0, 0.1) is 0 Å². The number of hydrogen-bond acceptors (Lipinski definition) is 3. The van der Waals surface area contributed by atoms with Crippen LogP contribution in [0.25, 0.3) is 0 Å². The highest BCUT2D eigenvalue weighted by atomic mass is 16.5. The monoisotopic (exact) mass is 276 g/mol. The van der Waals surface area contributed by atoms with Crippen molar-refractivity contribution in [1.82, 2.24) is 4.90 Å². The van der Waals surface area contributed by atoms with Gasteiger partial charge in [0.05, 0.1) is 12.6 Å². The van der Waals surface area contributed by atoms with E-state index in [0.29, 0.717) is 13.0 Å². The minimum atomic E-state index is -0.147. The lowest BCUT2D eigenvalue weighted by Gasteiger charge is -2.31. The van der Waals surface area contributed by atoms with E-state index in [-0.39, 0.29) is 24.0 Å². The molecule has 0 aromatic heterocycles. The van der Waals surface area contributed by atoms with Crippen molar-refractivity contribution in [2.75, 3.05) is 6.61 Å². The second kappa shape index (κ2) is 6.27. The number of ether oxygens (including phenoxy) is 1. The number of nitrogens with zero attached hydrogens (tertiary/aromatic N) is 1. The van der Waals surface area contributed by atoms with Crippen molar-refractivity contribution in [1.29, 1.82) is 0 Å². The largest absolute Gasteiger partial charge is 0.494 e. The molecule has 2 atom stereocenters. The molecule has 1 aliphatic heterocycles. The third kappa shape index (κ3) is 2.96. The highest BCUT2D eigenvalue weighted by Gasteiger charge is 2.39. The van der Waals surface area contributed by atoms with Crippen molar-refractivity contribution < 1.29 is 9.53 Å². The fourth-order valence-corrected chi connectivity index (χ4v) is 2.81. The molecule has 0 spiro atoms. The van der Waals surface area contributed by atoms with Crippen LogP contribution in [-0.4, -0.2) is 29.5 Å². The molecule has 0 radical (unpaired) electrons. The zero-order chi connectivity index (χ0) is 14.7. The molecule has 2 rings (SSSR count). The first-order chi connectivity index (χ1) is 9.54. The van der Waals surface area contributed by atoms with Crippen LogP contribution in [0.5, 0.6) is 5.75 Å². The molecule has 0 saturated carbocycles. The molecule has 1 aromatic carbocycles. The van der Waals surface area contributed by atoms with Gasteiger partial charge < -0.3 is 15.4 Å². The quantitative estimate of drug-likeness (QED) is 0.899. The Morgan fingerprint density at radius 1 is 1.45 bits per heavy atom. The van der Waals surface area contributed by atoms with E-state index in [9.17, 15) is 4.79 Å². The highest BCUT2D eigenvalue weighted by molar-refractivity contribution is 5.80. The summed E-state index contributed by atoms with van der Waals surface area (Å²) in [6, 6.07) is 7.90. The third-order valence-corrected chi connectivity index (χ3v) is 3.63. The van der Waals surface area contributed by atoms with Crippen molar-refractivity contribution in [3.05, 3.63) is 29.8 Å². The number of amides is 1. The molecule has 2 unspecified atom stereocenters. The maximum atomic E-state index is 12.1. The van der Waals surface area contributed by atoms with Crippen LogP contribution in [0.4, 0.5) is 0 Å². The van der Waals surface area contributed by atoms with Gasteiger partial charge in [0, 0.05) is 18.5 Å². The third-order valence-electron chi connectivity index (χ3n) is 3.63. The summed E-state index contributed by atoms with van der Waals surface area (Å²) in [7, 11) is 0. The van der Waals surface area contributed by atoms with E-state index >= 15 is 0 Å². The van der Waals surface area contributed by atoms with Gasteiger partial charge in [-0.05, 0) is 38.0 Å². The Morgan fingerprint density at radius 3 is 2.85 bits per heavy atom. The van der Waals surface area contributed by atoms with Crippen molar-refractivity contribution in [2.24, 2.45) is 5.73 Å². The Balaban J connectivity index is 2.26. The van der Waals surface area contributed by atoms with Gasteiger partial charge in [0.15, 0.2) is 0 Å². The summed E-state index contributed by atoms with van der Waals surface area (Å²) >= 11 is 0. The van der Waals surface area contributed by atoms with Crippen LogP contribution in [0.15, 0.2) is 24.3 Å². The number of carbonyl (C=O) groups is 1. The van der Waals surface area contributed by atoms with Crippen LogP contribution in [0.3, 0.4) is 0 Å². The predicted molar refractivity (Wildman–Crippen MR) is 79.5 cm³/mol. The lowest BCUT2D eigenvalue weighted by Crippen LogP contribution is -2.37. The molecule has 4 heteroatoms. The van der Waals surface area contributed by atoms with Gasteiger partial charge in [0.25, 0.3) is 0 Å². The van der Waals surface area contributed by atoms with Gasteiger partial charge in [-0.2, -0.15) is 0 Å². The first-order valence-corrected chi connectivity index (χ1v) is 7.34. The lowest BCUT2D eigenvalue weighted by atomic mass is 10.00. The van der Waals surface area contributed by atoms with Crippen LogP contribution in [0.2, 0.25) is 0 Å². The smallest absolute Gasteiger partial charge is 0.225 e. The Labute approximate surface area is 120 Å². The van der Waals surface area contributed by atoms with Crippen LogP contribution in [0.1, 0.15) is 45.2 Å². The molecule has 1 amide bonds. The minimum Gasteiger partial charge on any atom is -0.494 e. The summed E-state index contributed by atoms with van der Waals surface area (Å²) in [4.78, 5) is 14.0. The van der Waals surface area contributed by atoms with Crippen LogP contribution >= 0.6 is 0 Å². The van der Waals surface area contributed by atoms with E-state index < -0.39 is 0 Å². The van der Waals surface area contributed by atoms with Gasteiger partial charge in [0.2, 0.25) is 5.91 Å². The summed E-state index contributed by atoms with van der Waals surface area (Å²) < 4.78 is 5.67. The SMILES string of the molecule is CCCOc1cccc(C2C(N)CC(=O)N2C(C)C)c1.